The van der Waals surface area contributed by atoms with Crippen molar-refractivity contribution in [2.75, 3.05) is 31.2 Å². The molecule has 17 heteroatoms. The number of nitrogens with one attached hydrogen (secondary N) is 1. The Labute approximate surface area is 233 Å². The number of benzene rings is 1. The van der Waals surface area contributed by atoms with Crippen LogP contribution in [0.15, 0.2) is 36.7 Å². The van der Waals surface area contributed by atoms with Gasteiger partial charge in [-0.1, -0.05) is 17.7 Å². The number of likely N-dealkylation sites (tertiary alicyclic amines) is 1. The van der Waals surface area contributed by atoms with Gasteiger partial charge < -0.3 is 25.4 Å². The highest BCUT2D eigenvalue weighted by atomic mass is 35.5. The van der Waals surface area contributed by atoms with Crippen molar-refractivity contribution in [1.29, 1.82) is 0 Å². The average molecular weight is 603 g/mol. The van der Waals surface area contributed by atoms with E-state index in [2.05, 4.69) is 15.3 Å². The van der Waals surface area contributed by atoms with Crippen molar-refractivity contribution >= 4 is 68.5 Å². The third-order valence-electron chi connectivity index (χ3n) is 5.58. The molecule has 3 aromatic rings. The van der Waals surface area contributed by atoms with E-state index in [-0.39, 0.29) is 12.5 Å². The third-order valence-corrected chi connectivity index (χ3v) is 6.73. The van der Waals surface area contributed by atoms with Crippen molar-refractivity contribution in [3.63, 3.8) is 0 Å². The van der Waals surface area contributed by atoms with Gasteiger partial charge in [-0.05, 0) is 36.2 Å². The Kier molecular flexibility index (Phi) is 9.70. The summed E-state index contributed by atoms with van der Waals surface area (Å²) in [5, 5.41) is 11.1. The van der Waals surface area contributed by atoms with E-state index in [1.165, 1.54) is 29.7 Å². The molecule has 1 saturated heterocycles. The highest BCUT2D eigenvalue weighted by Crippen LogP contribution is 2.28. The minimum Gasteiger partial charge on any atom is -0.475 e. The van der Waals surface area contributed by atoms with Crippen LogP contribution in [0.3, 0.4) is 0 Å². The Bertz CT molecular complexity index is 1420. The van der Waals surface area contributed by atoms with Gasteiger partial charge in [0.1, 0.15) is 24.7 Å². The van der Waals surface area contributed by atoms with Crippen molar-refractivity contribution < 1.29 is 42.2 Å². The molecule has 3 amide bonds. The average Bonchev–Trinajstić information content (AvgIpc) is 3.46. The lowest BCUT2D eigenvalue weighted by molar-refractivity contribution is -0.192. The summed E-state index contributed by atoms with van der Waals surface area (Å²) in [5.41, 5.74) is 7.43. The Morgan fingerprint density at radius 1 is 1.27 bits per heavy atom. The second-order valence-electron chi connectivity index (χ2n) is 8.22. The summed E-state index contributed by atoms with van der Waals surface area (Å²) in [6, 6.07) is 7.48. The van der Waals surface area contributed by atoms with E-state index in [1.54, 1.807) is 17.0 Å². The number of fused-ring (bicyclic) bond motifs is 1. The normalized spacial score (nSPS) is 14.9. The number of carbonyl (C=O) groups is 4. The fourth-order valence-corrected chi connectivity index (χ4v) is 4.63. The fraction of sp³-hybridized carbons (Fsp3) is 0.304. The first-order valence-corrected chi connectivity index (χ1v) is 12.5. The maximum atomic E-state index is 13.2. The summed E-state index contributed by atoms with van der Waals surface area (Å²) < 4.78 is 37.0. The Balaban J connectivity index is 0.000000559. The van der Waals surface area contributed by atoms with Gasteiger partial charge in [0.2, 0.25) is 5.91 Å². The molecular formula is C23H22ClF3N6O6S. The summed E-state index contributed by atoms with van der Waals surface area (Å²) in [6.45, 7) is 0.421. The SMILES string of the molecule is COC(=O)CN(C(=O)Nc1ccc(Cl)s1)[C@H]1CCN(Cc2ccc3c(N)ncnc3c2)C1=O.O=C(O)C(F)(F)F. The fourth-order valence-electron chi connectivity index (χ4n) is 3.70. The smallest absolute Gasteiger partial charge is 0.475 e. The van der Waals surface area contributed by atoms with Crippen LogP contribution in [0.4, 0.5) is 28.8 Å². The molecule has 0 aliphatic carbocycles. The maximum Gasteiger partial charge on any atom is 0.490 e. The molecule has 4 rings (SSSR count). The number of anilines is 2. The van der Waals surface area contributed by atoms with Crippen LogP contribution in [-0.4, -0.2) is 81.2 Å². The standard InChI is InChI=1S/C21H21ClN6O4S.C2HF3O2/c1-32-18(29)10-28(21(31)26-17-5-4-16(22)33-17)15-6-7-27(20(15)30)9-12-2-3-13-14(8-12)24-11-25-19(13)23;3-2(4,5)1(6)7/h2-5,8,11,15H,6-7,9-10H2,1H3,(H,26,31)(H2,23,24,25);(H,6,7)/t15-;/m0./s1. The molecule has 1 fully saturated rings. The minimum atomic E-state index is -5.08. The van der Waals surface area contributed by atoms with Crippen LogP contribution in [0.1, 0.15) is 12.0 Å². The molecule has 0 saturated carbocycles. The minimum absolute atomic E-state index is 0.249. The molecule has 1 atom stereocenters. The molecule has 2 aromatic heterocycles. The number of carbonyl (C=O) groups excluding carboxylic acids is 3. The molecule has 0 unspecified atom stereocenters. The van der Waals surface area contributed by atoms with Crippen molar-refractivity contribution in [1.82, 2.24) is 19.8 Å². The predicted molar refractivity (Wildman–Crippen MR) is 139 cm³/mol. The molecule has 1 aliphatic heterocycles. The molecule has 1 aliphatic rings. The van der Waals surface area contributed by atoms with E-state index in [4.69, 9.17) is 32.0 Å². The number of urea groups is 1. The summed E-state index contributed by atoms with van der Waals surface area (Å²) in [4.78, 5) is 58.0. The predicted octanol–water partition coefficient (Wildman–Crippen LogP) is 3.37. The second-order valence-corrected chi connectivity index (χ2v) is 9.93. The van der Waals surface area contributed by atoms with Crippen LogP contribution < -0.4 is 11.1 Å². The molecular weight excluding hydrogens is 581 g/mol. The number of methoxy groups -OCH3 is 1. The van der Waals surface area contributed by atoms with Gasteiger partial charge in [0.15, 0.2) is 0 Å². The summed E-state index contributed by atoms with van der Waals surface area (Å²) >= 11 is 7.11. The van der Waals surface area contributed by atoms with E-state index in [0.717, 1.165) is 10.9 Å². The first kappa shape index (κ1) is 30.4. The van der Waals surface area contributed by atoms with Gasteiger partial charge >= 0.3 is 24.1 Å². The van der Waals surface area contributed by atoms with E-state index in [0.29, 0.717) is 40.2 Å². The molecule has 0 radical (unpaired) electrons. The van der Waals surface area contributed by atoms with Crippen LogP contribution in [0.25, 0.3) is 10.9 Å². The van der Waals surface area contributed by atoms with E-state index in [9.17, 15) is 27.6 Å². The number of alkyl halides is 3. The molecule has 214 valence electrons. The zero-order valence-corrected chi connectivity index (χ0v) is 22.2. The molecule has 40 heavy (non-hydrogen) atoms. The van der Waals surface area contributed by atoms with Crippen LogP contribution in [0.5, 0.6) is 0 Å². The Morgan fingerprint density at radius 2 is 1.98 bits per heavy atom. The van der Waals surface area contributed by atoms with Crippen molar-refractivity contribution in [3.05, 3.63) is 46.6 Å². The number of thiophene rings is 1. The zero-order chi connectivity index (χ0) is 29.6. The lowest BCUT2D eigenvalue weighted by atomic mass is 10.1. The highest BCUT2D eigenvalue weighted by molar-refractivity contribution is 7.20. The number of nitrogens with zero attached hydrogens (tertiary/aromatic N) is 4. The number of hydrogen-bond donors (Lipinski definition) is 3. The largest absolute Gasteiger partial charge is 0.490 e. The van der Waals surface area contributed by atoms with E-state index in [1.807, 2.05) is 18.2 Å². The van der Waals surface area contributed by atoms with Crippen LogP contribution >= 0.6 is 22.9 Å². The number of rotatable bonds is 6. The molecule has 12 nitrogen and oxygen atoms in total. The number of amides is 3. The number of carboxylic acids is 1. The number of nitrogen functional groups attached to an aromatic ring is 1. The lowest BCUT2D eigenvalue weighted by Crippen LogP contribution is -2.49. The quantitative estimate of drug-likeness (QED) is 0.358. The van der Waals surface area contributed by atoms with E-state index >= 15 is 0 Å². The van der Waals surface area contributed by atoms with Gasteiger partial charge in [-0.3, -0.25) is 14.9 Å². The van der Waals surface area contributed by atoms with Gasteiger partial charge in [0, 0.05) is 18.5 Å². The Hall–Kier alpha value is -4.18. The molecule has 0 bridgehead atoms. The number of nitrogens with two attached hydrogens (primary N) is 1. The molecule has 1 aromatic carbocycles. The van der Waals surface area contributed by atoms with Gasteiger partial charge in [-0.15, -0.1) is 11.3 Å². The molecule has 4 N–H and O–H groups in total. The van der Waals surface area contributed by atoms with Gasteiger partial charge in [-0.25, -0.2) is 19.6 Å². The van der Waals surface area contributed by atoms with Crippen LogP contribution in [0, 0.1) is 0 Å². The number of ether oxygens (including phenoxy) is 1. The monoisotopic (exact) mass is 602 g/mol. The maximum absolute atomic E-state index is 13.2. The van der Waals surface area contributed by atoms with Gasteiger partial charge in [0.25, 0.3) is 0 Å². The van der Waals surface area contributed by atoms with Crippen LogP contribution in [0.2, 0.25) is 4.34 Å². The third kappa shape index (κ3) is 7.69. The number of carboxylic acid groups (broad SMARTS) is 1. The number of aromatic nitrogens is 2. The van der Waals surface area contributed by atoms with Crippen LogP contribution in [-0.2, 0) is 25.7 Å². The van der Waals surface area contributed by atoms with Gasteiger partial charge in [-0.2, -0.15) is 13.2 Å². The number of halogens is 4. The van der Waals surface area contributed by atoms with Crippen molar-refractivity contribution in [2.24, 2.45) is 0 Å². The number of hydrogen-bond acceptors (Lipinski definition) is 9. The Morgan fingerprint density at radius 3 is 2.58 bits per heavy atom. The topological polar surface area (TPSA) is 168 Å². The van der Waals surface area contributed by atoms with Gasteiger partial charge in [0.05, 0.1) is 22.0 Å². The first-order chi connectivity index (χ1) is 18.8. The van der Waals surface area contributed by atoms with Crippen molar-refractivity contribution in [2.45, 2.75) is 25.2 Å². The molecule has 0 spiro atoms. The zero-order valence-electron chi connectivity index (χ0n) is 20.6. The van der Waals surface area contributed by atoms with E-state index < -0.39 is 30.2 Å². The molecule has 3 heterocycles. The highest BCUT2D eigenvalue weighted by Gasteiger charge is 2.40. The van der Waals surface area contributed by atoms with Crippen molar-refractivity contribution in [3.8, 4) is 0 Å². The lowest BCUT2D eigenvalue weighted by Gasteiger charge is -2.27. The summed E-state index contributed by atoms with van der Waals surface area (Å²) in [6.07, 6.45) is -3.31. The first-order valence-electron chi connectivity index (χ1n) is 11.3. The summed E-state index contributed by atoms with van der Waals surface area (Å²) in [5.74, 6) is -3.24. The second kappa shape index (κ2) is 12.8. The number of aliphatic carboxylic acids is 1. The summed E-state index contributed by atoms with van der Waals surface area (Å²) in [7, 11) is 1.23. The number of esters is 1.